The molecule has 0 aliphatic heterocycles. The van der Waals surface area contributed by atoms with Gasteiger partial charge in [0.15, 0.2) is 0 Å². The molecule has 0 bridgehead atoms. The van der Waals surface area contributed by atoms with E-state index in [2.05, 4.69) is 5.10 Å². The molecule has 2 rings (SSSR count). The van der Waals surface area contributed by atoms with Gasteiger partial charge in [-0.05, 0) is 19.1 Å². The van der Waals surface area contributed by atoms with Crippen LogP contribution >= 0.6 is 11.6 Å². The number of rotatable bonds is 6. The predicted molar refractivity (Wildman–Crippen MR) is 87.7 cm³/mol. The zero-order valence-electron chi connectivity index (χ0n) is 12.7. The molecule has 2 aromatic rings. The SMILES string of the molecule is Cc1nn(C)c(Cl)c1S(=O)(=O)N(CCC(N)=O)c1ccccc1. The molecule has 2 N–H and O–H groups in total. The fourth-order valence-electron chi connectivity index (χ4n) is 2.21. The Hall–Kier alpha value is -2.06. The molecule has 1 amide bonds. The molecule has 9 heteroatoms. The van der Waals surface area contributed by atoms with E-state index in [4.69, 9.17) is 17.3 Å². The highest BCUT2D eigenvalue weighted by Gasteiger charge is 2.31. The van der Waals surface area contributed by atoms with Gasteiger partial charge in [-0.25, -0.2) is 8.42 Å². The highest BCUT2D eigenvalue weighted by Crippen LogP contribution is 2.30. The normalized spacial score (nSPS) is 11.4. The molecular formula is C14H17ClN4O3S. The lowest BCUT2D eigenvalue weighted by molar-refractivity contribution is -0.117. The Labute approximate surface area is 139 Å². The maximum absolute atomic E-state index is 13.0. The Morgan fingerprint density at radius 1 is 1.35 bits per heavy atom. The van der Waals surface area contributed by atoms with Crippen LogP contribution < -0.4 is 10.0 Å². The Morgan fingerprint density at radius 2 is 1.96 bits per heavy atom. The second-order valence-electron chi connectivity index (χ2n) is 4.96. The van der Waals surface area contributed by atoms with E-state index in [9.17, 15) is 13.2 Å². The van der Waals surface area contributed by atoms with Crippen molar-refractivity contribution >= 4 is 33.2 Å². The summed E-state index contributed by atoms with van der Waals surface area (Å²) in [4.78, 5) is 11.0. The minimum atomic E-state index is -3.98. The third-order valence-corrected chi connectivity index (χ3v) is 5.78. The number of halogens is 1. The van der Waals surface area contributed by atoms with Gasteiger partial charge in [0, 0.05) is 20.0 Å². The number of primary amides is 1. The Morgan fingerprint density at radius 3 is 2.43 bits per heavy atom. The smallest absolute Gasteiger partial charge is 0.269 e. The summed E-state index contributed by atoms with van der Waals surface area (Å²) in [5, 5.41) is 4.05. The van der Waals surface area contributed by atoms with Crippen LogP contribution in [-0.2, 0) is 21.9 Å². The summed E-state index contributed by atoms with van der Waals surface area (Å²) >= 11 is 6.10. The van der Waals surface area contributed by atoms with E-state index >= 15 is 0 Å². The minimum absolute atomic E-state index is 0.0162. The fourth-order valence-corrected chi connectivity index (χ4v) is 4.39. The Kier molecular flexibility index (Phi) is 4.96. The molecule has 23 heavy (non-hydrogen) atoms. The first-order valence-corrected chi connectivity index (χ1v) is 8.62. The van der Waals surface area contributed by atoms with Crippen LogP contribution in [0.3, 0.4) is 0 Å². The van der Waals surface area contributed by atoms with Crippen LogP contribution in [0.4, 0.5) is 5.69 Å². The number of nitrogens with two attached hydrogens (primary N) is 1. The number of para-hydroxylation sites is 1. The van der Waals surface area contributed by atoms with Crippen LogP contribution in [0.1, 0.15) is 12.1 Å². The Balaban J connectivity index is 2.55. The highest BCUT2D eigenvalue weighted by atomic mass is 35.5. The van der Waals surface area contributed by atoms with E-state index in [1.807, 2.05) is 0 Å². The van der Waals surface area contributed by atoms with Crippen molar-refractivity contribution in [2.24, 2.45) is 12.8 Å². The molecule has 0 saturated carbocycles. The molecule has 124 valence electrons. The van der Waals surface area contributed by atoms with Crippen LogP contribution in [0.25, 0.3) is 0 Å². The van der Waals surface area contributed by atoms with E-state index in [1.165, 1.54) is 4.68 Å². The molecule has 1 heterocycles. The van der Waals surface area contributed by atoms with Crippen molar-refractivity contribution in [3.63, 3.8) is 0 Å². The van der Waals surface area contributed by atoms with Gasteiger partial charge in [0.05, 0.1) is 11.4 Å². The molecule has 0 atom stereocenters. The number of hydrogen-bond acceptors (Lipinski definition) is 4. The van der Waals surface area contributed by atoms with Gasteiger partial charge in [-0.1, -0.05) is 29.8 Å². The summed E-state index contributed by atoms with van der Waals surface area (Å²) in [7, 11) is -2.42. The van der Waals surface area contributed by atoms with Crippen LogP contribution in [0, 0.1) is 6.92 Å². The van der Waals surface area contributed by atoms with Crippen LogP contribution in [0.5, 0.6) is 0 Å². The molecule has 1 aromatic heterocycles. The molecule has 0 spiro atoms. The largest absolute Gasteiger partial charge is 0.370 e. The first-order chi connectivity index (χ1) is 10.7. The van der Waals surface area contributed by atoms with E-state index < -0.39 is 15.9 Å². The summed E-state index contributed by atoms with van der Waals surface area (Å²) in [5.41, 5.74) is 5.88. The number of carbonyl (C=O) groups is 1. The number of amides is 1. The van der Waals surface area contributed by atoms with E-state index in [0.717, 1.165) is 4.31 Å². The summed E-state index contributed by atoms with van der Waals surface area (Å²) in [5.74, 6) is -0.588. The lowest BCUT2D eigenvalue weighted by atomic mass is 10.3. The first kappa shape index (κ1) is 17.3. The fraction of sp³-hybridized carbons (Fsp3) is 0.286. The summed E-state index contributed by atoms with van der Waals surface area (Å²) < 4.78 is 28.5. The monoisotopic (exact) mass is 356 g/mol. The summed E-state index contributed by atoms with van der Waals surface area (Å²) in [6.07, 6.45) is -0.106. The maximum Gasteiger partial charge on any atom is 0.269 e. The molecule has 0 fully saturated rings. The zero-order valence-corrected chi connectivity index (χ0v) is 14.3. The van der Waals surface area contributed by atoms with Crippen molar-refractivity contribution in [1.82, 2.24) is 9.78 Å². The number of hydrogen-bond donors (Lipinski definition) is 1. The molecule has 0 aliphatic carbocycles. The number of aromatic nitrogens is 2. The second-order valence-corrected chi connectivity index (χ2v) is 7.12. The van der Waals surface area contributed by atoms with Crippen LogP contribution in [0.15, 0.2) is 35.2 Å². The maximum atomic E-state index is 13.0. The summed E-state index contributed by atoms with van der Waals surface area (Å²) in [6.45, 7) is 1.49. The average Bonchev–Trinajstić information content (AvgIpc) is 2.73. The van der Waals surface area contributed by atoms with Crippen molar-refractivity contribution in [3.05, 3.63) is 41.2 Å². The summed E-state index contributed by atoms with van der Waals surface area (Å²) in [6, 6.07) is 8.46. The molecule has 0 radical (unpaired) electrons. The first-order valence-electron chi connectivity index (χ1n) is 6.80. The quantitative estimate of drug-likeness (QED) is 0.846. The predicted octanol–water partition coefficient (Wildman–Crippen LogP) is 1.45. The van der Waals surface area contributed by atoms with E-state index in [-0.39, 0.29) is 28.7 Å². The van der Waals surface area contributed by atoms with Gasteiger partial charge in [0.2, 0.25) is 5.91 Å². The average molecular weight is 357 g/mol. The van der Waals surface area contributed by atoms with Gasteiger partial charge in [0.25, 0.3) is 10.0 Å². The molecular weight excluding hydrogens is 340 g/mol. The third kappa shape index (κ3) is 3.48. The number of carbonyl (C=O) groups excluding carboxylic acids is 1. The van der Waals surface area contributed by atoms with Crippen LogP contribution in [-0.4, -0.2) is 30.7 Å². The second kappa shape index (κ2) is 6.59. The minimum Gasteiger partial charge on any atom is -0.370 e. The van der Waals surface area contributed by atoms with Gasteiger partial charge >= 0.3 is 0 Å². The van der Waals surface area contributed by atoms with E-state index in [0.29, 0.717) is 5.69 Å². The van der Waals surface area contributed by atoms with Crippen molar-refractivity contribution in [3.8, 4) is 0 Å². The standard InChI is InChI=1S/C14H17ClN4O3S/c1-10-13(14(15)18(2)17-10)23(21,22)19(9-8-12(16)20)11-6-4-3-5-7-11/h3-7H,8-9H2,1-2H3,(H2,16,20). The number of sulfonamides is 1. The topological polar surface area (TPSA) is 98.3 Å². The van der Waals surface area contributed by atoms with Crippen LogP contribution in [0.2, 0.25) is 5.15 Å². The lowest BCUT2D eigenvalue weighted by Crippen LogP contribution is -2.34. The number of aryl methyl sites for hydroxylation is 2. The number of benzene rings is 1. The Bertz CT molecular complexity index is 818. The van der Waals surface area contributed by atoms with E-state index in [1.54, 1.807) is 44.3 Å². The molecule has 1 aromatic carbocycles. The van der Waals surface area contributed by atoms with Crippen molar-refractivity contribution in [2.75, 3.05) is 10.8 Å². The lowest BCUT2D eigenvalue weighted by Gasteiger charge is -2.24. The zero-order chi connectivity index (χ0) is 17.2. The number of anilines is 1. The molecule has 7 nitrogen and oxygen atoms in total. The van der Waals surface area contributed by atoms with Gasteiger partial charge in [-0.15, -0.1) is 0 Å². The molecule has 0 unspecified atom stereocenters. The van der Waals surface area contributed by atoms with Crippen molar-refractivity contribution in [1.29, 1.82) is 0 Å². The molecule has 0 saturated heterocycles. The highest BCUT2D eigenvalue weighted by molar-refractivity contribution is 7.93. The van der Waals surface area contributed by atoms with Gasteiger partial charge < -0.3 is 5.73 Å². The van der Waals surface area contributed by atoms with Gasteiger partial charge in [0.1, 0.15) is 10.0 Å². The van der Waals surface area contributed by atoms with Crippen molar-refractivity contribution in [2.45, 2.75) is 18.2 Å². The van der Waals surface area contributed by atoms with Gasteiger partial charge in [-0.3, -0.25) is 13.8 Å². The van der Waals surface area contributed by atoms with Gasteiger partial charge in [-0.2, -0.15) is 5.10 Å². The molecule has 0 aliphatic rings. The third-order valence-electron chi connectivity index (χ3n) is 3.25. The van der Waals surface area contributed by atoms with Crippen molar-refractivity contribution < 1.29 is 13.2 Å². The number of nitrogens with zero attached hydrogens (tertiary/aromatic N) is 3.